The Morgan fingerprint density at radius 1 is 0.865 bits per heavy atom. The molecule has 0 atom stereocenters. The minimum Gasteiger partial charge on any atom is -0.483 e. The number of carbonyl (C=O) groups is 1. The highest BCUT2D eigenvalue weighted by Gasteiger charge is 2.20. The molecule has 1 saturated heterocycles. The molecule has 6 heteroatoms. The van der Waals surface area contributed by atoms with Crippen molar-refractivity contribution in [2.24, 2.45) is 0 Å². The zero-order valence-corrected chi connectivity index (χ0v) is 21.4. The van der Waals surface area contributed by atoms with E-state index in [-0.39, 0.29) is 18.3 Å². The number of hydrogen-bond acceptors (Lipinski definition) is 4. The van der Waals surface area contributed by atoms with Gasteiger partial charge in [-0.25, -0.2) is 4.39 Å². The van der Waals surface area contributed by atoms with Crippen LogP contribution in [-0.2, 0) is 11.3 Å². The van der Waals surface area contributed by atoms with Crippen molar-refractivity contribution in [3.63, 3.8) is 0 Å². The van der Waals surface area contributed by atoms with Crippen LogP contribution in [0.5, 0.6) is 5.75 Å². The van der Waals surface area contributed by atoms with Crippen LogP contribution in [0.4, 0.5) is 4.39 Å². The van der Waals surface area contributed by atoms with E-state index in [1.54, 1.807) is 12.1 Å². The number of carbonyl (C=O) groups excluding carboxylic acids is 1. The summed E-state index contributed by atoms with van der Waals surface area (Å²) in [7, 11) is 2.14. The van der Waals surface area contributed by atoms with Gasteiger partial charge in [0, 0.05) is 51.4 Å². The quantitative estimate of drug-likeness (QED) is 0.462. The van der Waals surface area contributed by atoms with Crippen LogP contribution in [0.1, 0.15) is 17.5 Å². The molecule has 3 aromatic rings. The second-order valence-electron chi connectivity index (χ2n) is 9.88. The lowest BCUT2D eigenvalue weighted by Crippen LogP contribution is -2.44. The van der Waals surface area contributed by atoms with Gasteiger partial charge >= 0.3 is 0 Å². The van der Waals surface area contributed by atoms with Gasteiger partial charge in [-0.05, 0) is 60.0 Å². The molecule has 0 bridgehead atoms. The normalized spacial score (nSPS) is 16.9. The summed E-state index contributed by atoms with van der Waals surface area (Å²) < 4.78 is 19.6. The molecule has 2 aliphatic rings. The number of benzene rings is 3. The van der Waals surface area contributed by atoms with Crippen LogP contribution in [-0.4, -0.2) is 73.5 Å². The third kappa shape index (κ3) is 6.45. The third-order valence-corrected chi connectivity index (χ3v) is 7.29. The van der Waals surface area contributed by atoms with Crippen molar-refractivity contribution in [1.82, 2.24) is 14.7 Å². The Hall–Kier alpha value is -3.48. The Morgan fingerprint density at radius 3 is 2.30 bits per heavy atom. The molecule has 2 heterocycles. The number of likely N-dealkylation sites (N-methyl/N-ethyl adjacent to an activating group) is 1. The van der Waals surface area contributed by atoms with Gasteiger partial charge in [0.05, 0.1) is 0 Å². The zero-order chi connectivity index (χ0) is 25.6. The summed E-state index contributed by atoms with van der Waals surface area (Å²) >= 11 is 0. The van der Waals surface area contributed by atoms with Crippen molar-refractivity contribution in [3.8, 4) is 16.9 Å². The molecule has 0 aromatic heterocycles. The Bertz CT molecular complexity index is 1240. The maximum atomic E-state index is 13.5. The maximum Gasteiger partial charge on any atom is 0.260 e. The summed E-state index contributed by atoms with van der Waals surface area (Å²) in [6.45, 7) is 6.09. The van der Waals surface area contributed by atoms with Crippen LogP contribution in [0.25, 0.3) is 16.7 Å². The van der Waals surface area contributed by atoms with E-state index in [9.17, 15) is 9.18 Å². The van der Waals surface area contributed by atoms with Crippen LogP contribution in [0, 0.1) is 5.82 Å². The fraction of sp³-hybridized carbons (Fsp3) is 0.323. The fourth-order valence-corrected chi connectivity index (χ4v) is 4.95. The molecule has 0 unspecified atom stereocenters. The Morgan fingerprint density at radius 2 is 1.59 bits per heavy atom. The Balaban J connectivity index is 1.27. The fourth-order valence-electron chi connectivity index (χ4n) is 4.95. The number of hydrogen-bond donors (Lipinski definition) is 0. The molecule has 3 aromatic carbocycles. The SMILES string of the molecule is CN1CCN(Cc2cc(-c3ccc(F)cc3)ccc2OCC(=O)N2CC=C(c3ccccc3)CC2)CC1. The van der Waals surface area contributed by atoms with E-state index in [4.69, 9.17) is 4.74 Å². The molecule has 2 aliphatic heterocycles. The minimum atomic E-state index is -0.247. The molecule has 5 rings (SSSR count). The summed E-state index contributed by atoms with van der Waals surface area (Å²) in [4.78, 5) is 19.6. The van der Waals surface area contributed by atoms with Crippen molar-refractivity contribution < 1.29 is 13.9 Å². The number of ether oxygens (including phenoxy) is 1. The average Bonchev–Trinajstić information content (AvgIpc) is 2.94. The van der Waals surface area contributed by atoms with Gasteiger partial charge in [-0.1, -0.05) is 54.6 Å². The van der Waals surface area contributed by atoms with Crippen molar-refractivity contribution in [3.05, 3.63) is 95.8 Å². The van der Waals surface area contributed by atoms with Crippen molar-refractivity contribution in [1.29, 1.82) is 0 Å². The van der Waals surface area contributed by atoms with Gasteiger partial charge in [0.1, 0.15) is 11.6 Å². The molecule has 0 saturated carbocycles. The Labute approximate surface area is 218 Å². The van der Waals surface area contributed by atoms with Crippen LogP contribution in [0.2, 0.25) is 0 Å². The van der Waals surface area contributed by atoms with Gasteiger partial charge in [0.25, 0.3) is 5.91 Å². The largest absolute Gasteiger partial charge is 0.483 e. The zero-order valence-electron chi connectivity index (χ0n) is 21.4. The summed E-state index contributed by atoms with van der Waals surface area (Å²) in [6.07, 6.45) is 2.99. The highest BCUT2D eigenvalue weighted by molar-refractivity contribution is 5.79. The van der Waals surface area contributed by atoms with E-state index in [2.05, 4.69) is 41.1 Å². The lowest BCUT2D eigenvalue weighted by atomic mass is 9.99. The lowest BCUT2D eigenvalue weighted by Gasteiger charge is -2.32. The second kappa shape index (κ2) is 11.7. The number of halogens is 1. The minimum absolute atomic E-state index is 0.00322. The van der Waals surface area contributed by atoms with Crippen LogP contribution in [0.15, 0.2) is 78.9 Å². The summed E-state index contributed by atoms with van der Waals surface area (Å²) in [5, 5.41) is 0. The highest BCUT2D eigenvalue weighted by atomic mass is 19.1. The second-order valence-corrected chi connectivity index (χ2v) is 9.88. The average molecular weight is 500 g/mol. The lowest BCUT2D eigenvalue weighted by molar-refractivity contribution is -0.132. The summed E-state index contributed by atoms with van der Waals surface area (Å²) in [6, 6.07) is 22.9. The topological polar surface area (TPSA) is 36.0 Å². The van der Waals surface area contributed by atoms with E-state index in [1.807, 2.05) is 35.2 Å². The first-order chi connectivity index (χ1) is 18.0. The summed E-state index contributed by atoms with van der Waals surface area (Å²) in [5.74, 6) is 0.482. The van der Waals surface area contributed by atoms with Gasteiger partial charge in [0.15, 0.2) is 6.61 Å². The predicted molar refractivity (Wildman–Crippen MR) is 146 cm³/mol. The molecule has 1 amide bonds. The monoisotopic (exact) mass is 499 g/mol. The molecule has 0 aliphatic carbocycles. The molecule has 192 valence electrons. The van der Waals surface area contributed by atoms with Gasteiger partial charge in [-0.15, -0.1) is 0 Å². The molecule has 1 fully saturated rings. The first-order valence-electron chi connectivity index (χ1n) is 13.0. The maximum absolute atomic E-state index is 13.5. The smallest absolute Gasteiger partial charge is 0.260 e. The van der Waals surface area contributed by atoms with Crippen LogP contribution in [0.3, 0.4) is 0 Å². The first-order valence-corrected chi connectivity index (χ1v) is 13.0. The number of piperazine rings is 1. The summed E-state index contributed by atoms with van der Waals surface area (Å²) in [5.41, 5.74) is 5.52. The number of nitrogens with zero attached hydrogens (tertiary/aromatic N) is 3. The van der Waals surface area contributed by atoms with E-state index in [1.165, 1.54) is 23.3 Å². The van der Waals surface area contributed by atoms with Gasteiger partial charge in [0.2, 0.25) is 0 Å². The number of rotatable bonds is 7. The van der Waals surface area contributed by atoms with Crippen molar-refractivity contribution >= 4 is 11.5 Å². The molecular formula is C31H34FN3O2. The van der Waals surface area contributed by atoms with E-state index >= 15 is 0 Å². The molecule has 0 spiro atoms. The molecular weight excluding hydrogens is 465 g/mol. The van der Waals surface area contributed by atoms with Crippen molar-refractivity contribution in [2.75, 3.05) is 52.9 Å². The predicted octanol–water partition coefficient (Wildman–Crippen LogP) is 4.93. The highest BCUT2D eigenvalue weighted by Crippen LogP contribution is 2.29. The van der Waals surface area contributed by atoms with Gasteiger partial charge in [-0.2, -0.15) is 0 Å². The first kappa shape index (κ1) is 25.2. The van der Waals surface area contributed by atoms with Gasteiger partial charge < -0.3 is 14.5 Å². The number of amides is 1. The van der Waals surface area contributed by atoms with Crippen LogP contribution >= 0.6 is 0 Å². The van der Waals surface area contributed by atoms with Crippen LogP contribution < -0.4 is 4.74 Å². The molecule has 37 heavy (non-hydrogen) atoms. The van der Waals surface area contributed by atoms with E-state index in [0.717, 1.165) is 61.6 Å². The van der Waals surface area contributed by atoms with E-state index < -0.39 is 0 Å². The van der Waals surface area contributed by atoms with Gasteiger partial charge in [-0.3, -0.25) is 9.69 Å². The Kier molecular flexibility index (Phi) is 7.97. The molecule has 0 radical (unpaired) electrons. The van der Waals surface area contributed by atoms with Crippen molar-refractivity contribution in [2.45, 2.75) is 13.0 Å². The molecule has 5 nitrogen and oxygen atoms in total. The van der Waals surface area contributed by atoms with E-state index in [0.29, 0.717) is 13.1 Å². The standard InChI is InChI=1S/C31H34FN3O2/c1-33-17-19-34(20-18-33)22-28-21-27(25-7-10-29(32)11-8-25)9-12-30(28)37-23-31(36)35-15-13-26(14-16-35)24-5-3-2-4-6-24/h2-13,21H,14-20,22-23H2,1H3. The molecule has 0 N–H and O–H groups in total. The third-order valence-electron chi connectivity index (χ3n) is 7.29.